The van der Waals surface area contributed by atoms with Gasteiger partial charge in [-0.2, -0.15) is 10.1 Å². The molecule has 3 N–H and O–H groups in total. The monoisotopic (exact) mass is 655 g/mol. The lowest BCUT2D eigenvalue weighted by atomic mass is 9.92. The van der Waals surface area contributed by atoms with Gasteiger partial charge in [0.05, 0.1) is 29.7 Å². The smallest absolute Gasteiger partial charge is 0.337 e. The zero-order chi connectivity index (χ0) is 34.5. The number of esters is 1. The van der Waals surface area contributed by atoms with Crippen molar-refractivity contribution < 1.29 is 19.1 Å². The second-order valence-electron chi connectivity index (χ2n) is 12.5. The Hall–Kier alpha value is -6.23. The molecule has 248 valence electrons. The van der Waals surface area contributed by atoms with Gasteiger partial charge < -0.3 is 20.1 Å². The number of carbonyl (C=O) groups excluding carboxylic acids is 2. The molecule has 2 aromatic heterocycles. The van der Waals surface area contributed by atoms with Crippen molar-refractivity contribution in [2.75, 3.05) is 23.1 Å². The largest absolute Gasteiger partial charge is 0.465 e. The van der Waals surface area contributed by atoms with Crippen LogP contribution in [0.3, 0.4) is 0 Å². The number of nitrogens with one attached hydrogen (secondary N) is 3. The molecule has 0 bridgehead atoms. The molecule has 0 aliphatic heterocycles. The van der Waals surface area contributed by atoms with Crippen LogP contribution in [0.2, 0.25) is 0 Å². The summed E-state index contributed by atoms with van der Waals surface area (Å²) in [5.41, 5.74) is 4.56. The molecule has 0 radical (unpaired) electrons. The molecular formula is C38H37N7O4. The highest BCUT2D eigenvalue weighted by Gasteiger charge is 2.22. The van der Waals surface area contributed by atoms with Crippen LogP contribution in [0.1, 0.15) is 48.0 Å². The zero-order valence-electron chi connectivity index (χ0n) is 27.9. The number of nitrogens with zero attached hydrogens (tertiary/aromatic N) is 4. The molecule has 0 aliphatic rings. The predicted molar refractivity (Wildman–Crippen MR) is 191 cm³/mol. The minimum Gasteiger partial charge on any atom is -0.465 e. The van der Waals surface area contributed by atoms with Gasteiger partial charge in [0.15, 0.2) is 0 Å². The van der Waals surface area contributed by atoms with Crippen molar-refractivity contribution in [3.63, 3.8) is 0 Å². The fraction of sp³-hybridized carbons (Fsp3) is 0.184. The van der Waals surface area contributed by atoms with Crippen LogP contribution in [-0.2, 0) is 16.7 Å². The Kier molecular flexibility index (Phi) is 9.25. The van der Waals surface area contributed by atoms with E-state index in [0.29, 0.717) is 41.2 Å². The summed E-state index contributed by atoms with van der Waals surface area (Å²) in [6.45, 7) is 8.67. The van der Waals surface area contributed by atoms with Crippen molar-refractivity contribution in [1.29, 1.82) is 0 Å². The minimum absolute atomic E-state index is 0.215. The highest BCUT2D eigenvalue weighted by atomic mass is 16.5. The number of rotatable bonds is 9. The second-order valence-corrected chi connectivity index (χ2v) is 12.5. The van der Waals surface area contributed by atoms with Gasteiger partial charge in [0.25, 0.3) is 0 Å². The highest BCUT2D eigenvalue weighted by molar-refractivity contribution is 6.07. The standard InChI is InChI=1S/C38H37N7O4/c1-24-13-15-27(16-14-24)45-33(22-32(44-45)38(2,3)4)42-37(47)41-30-17-18-31(29-12-7-6-11-28(29)30)49-34-19-20-39-36(43-34)40-23-25-9-8-10-26(21-25)35(46)48-5/h6-22H,23H2,1-5H3,(H,39,40,43)(H2,41,42,47). The lowest BCUT2D eigenvalue weighted by Gasteiger charge is -2.14. The normalized spacial score (nSPS) is 11.2. The molecule has 4 aromatic carbocycles. The molecule has 0 fully saturated rings. The summed E-state index contributed by atoms with van der Waals surface area (Å²) in [4.78, 5) is 34.1. The van der Waals surface area contributed by atoms with Crippen LogP contribution in [0, 0.1) is 6.92 Å². The summed E-state index contributed by atoms with van der Waals surface area (Å²) < 4.78 is 12.8. The van der Waals surface area contributed by atoms with Crippen LogP contribution in [0.15, 0.2) is 103 Å². The third-order valence-corrected chi connectivity index (χ3v) is 7.77. The lowest BCUT2D eigenvalue weighted by Crippen LogP contribution is -2.21. The molecular weight excluding hydrogens is 618 g/mol. The van der Waals surface area contributed by atoms with E-state index < -0.39 is 12.0 Å². The molecule has 0 saturated heterocycles. The maximum atomic E-state index is 13.4. The first-order valence-electron chi connectivity index (χ1n) is 15.8. The molecule has 49 heavy (non-hydrogen) atoms. The van der Waals surface area contributed by atoms with E-state index in [9.17, 15) is 9.59 Å². The van der Waals surface area contributed by atoms with Crippen molar-refractivity contribution in [3.05, 3.63) is 126 Å². The lowest BCUT2D eigenvalue weighted by molar-refractivity contribution is 0.0600. The molecule has 0 atom stereocenters. The average molecular weight is 656 g/mol. The number of amides is 2. The van der Waals surface area contributed by atoms with E-state index in [1.54, 1.807) is 47.3 Å². The summed E-state index contributed by atoms with van der Waals surface area (Å²) in [7, 11) is 1.35. The predicted octanol–water partition coefficient (Wildman–Crippen LogP) is 8.26. The van der Waals surface area contributed by atoms with Gasteiger partial charge in [-0.1, -0.05) is 74.9 Å². The fourth-order valence-electron chi connectivity index (χ4n) is 5.16. The summed E-state index contributed by atoms with van der Waals surface area (Å²) in [5, 5.41) is 15.6. The molecule has 0 unspecified atom stereocenters. The SMILES string of the molecule is COC(=O)c1cccc(CNc2nccc(Oc3ccc(NC(=O)Nc4cc(C(C)(C)C)nn4-c4ccc(C)cc4)c4ccccc34)n2)c1. The first kappa shape index (κ1) is 32.7. The van der Waals surface area contributed by atoms with Crippen LogP contribution in [0.25, 0.3) is 16.5 Å². The number of anilines is 3. The number of benzene rings is 4. The van der Waals surface area contributed by atoms with E-state index in [-0.39, 0.29) is 5.41 Å². The Morgan fingerprint density at radius 3 is 2.39 bits per heavy atom. The average Bonchev–Trinajstić information content (AvgIpc) is 3.53. The van der Waals surface area contributed by atoms with E-state index in [1.165, 1.54) is 7.11 Å². The Morgan fingerprint density at radius 2 is 1.63 bits per heavy atom. The fourth-order valence-corrected chi connectivity index (χ4v) is 5.16. The van der Waals surface area contributed by atoms with E-state index in [1.807, 2.05) is 67.6 Å². The topological polar surface area (TPSA) is 132 Å². The van der Waals surface area contributed by atoms with E-state index in [4.69, 9.17) is 14.6 Å². The first-order valence-corrected chi connectivity index (χ1v) is 15.8. The van der Waals surface area contributed by atoms with Gasteiger partial charge in [-0.3, -0.25) is 5.32 Å². The van der Waals surface area contributed by atoms with Gasteiger partial charge >= 0.3 is 12.0 Å². The van der Waals surface area contributed by atoms with Crippen LogP contribution in [0.5, 0.6) is 11.6 Å². The van der Waals surface area contributed by atoms with Gasteiger partial charge in [-0.25, -0.2) is 19.3 Å². The quantitative estimate of drug-likeness (QED) is 0.133. The van der Waals surface area contributed by atoms with E-state index in [0.717, 1.165) is 33.3 Å². The summed E-state index contributed by atoms with van der Waals surface area (Å²) in [5.74, 6) is 1.41. The number of methoxy groups -OCH3 is 1. The number of ether oxygens (including phenoxy) is 2. The number of aromatic nitrogens is 4. The maximum Gasteiger partial charge on any atom is 0.337 e. The Balaban J connectivity index is 1.19. The maximum absolute atomic E-state index is 13.4. The van der Waals surface area contributed by atoms with Crippen molar-refractivity contribution >= 4 is 40.2 Å². The molecule has 0 spiro atoms. The Labute approximate surface area is 284 Å². The van der Waals surface area contributed by atoms with Crippen LogP contribution >= 0.6 is 0 Å². The molecule has 2 amide bonds. The van der Waals surface area contributed by atoms with Crippen molar-refractivity contribution in [2.45, 2.75) is 39.7 Å². The molecule has 11 nitrogen and oxygen atoms in total. The minimum atomic E-state index is -0.406. The van der Waals surface area contributed by atoms with Gasteiger partial charge in [-0.15, -0.1) is 0 Å². The number of carbonyl (C=O) groups is 2. The first-order chi connectivity index (χ1) is 23.6. The van der Waals surface area contributed by atoms with Gasteiger partial charge in [0, 0.05) is 41.1 Å². The third kappa shape index (κ3) is 7.68. The number of hydrogen-bond acceptors (Lipinski definition) is 8. The number of hydrogen-bond donors (Lipinski definition) is 3. The third-order valence-electron chi connectivity index (χ3n) is 7.77. The molecule has 2 heterocycles. The molecule has 6 aromatic rings. The molecule has 0 aliphatic carbocycles. The van der Waals surface area contributed by atoms with Gasteiger partial charge in [0.1, 0.15) is 11.6 Å². The molecule has 6 rings (SSSR count). The summed E-state index contributed by atoms with van der Waals surface area (Å²) in [6.07, 6.45) is 1.60. The number of aryl methyl sites for hydroxylation is 1. The van der Waals surface area contributed by atoms with Crippen LogP contribution in [0.4, 0.5) is 22.2 Å². The highest BCUT2D eigenvalue weighted by Crippen LogP contribution is 2.34. The summed E-state index contributed by atoms with van der Waals surface area (Å²) >= 11 is 0. The molecule has 11 heteroatoms. The van der Waals surface area contributed by atoms with E-state index in [2.05, 4.69) is 46.7 Å². The number of fused-ring (bicyclic) bond motifs is 1. The zero-order valence-corrected chi connectivity index (χ0v) is 27.9. The van der Waals surface area contributed by atoms with E-state index >= 15 is 0 Å². The van der Waals surface area contributed by atoms with Gasteiger partial charge in [0.2, 0.25) is 11.8 Å². The van der Waals surface area contributed by atoms with Crippen molar-refractivity contribution in [1.82, 2.24) is 19.7 Å². The van der Waals surface area contributed by atoms with Crippen LogP contribution in [-0.4, -0.2) is 38.9 Å². The molecule has 0 saturated carbocycles. The second kappa shape index (κ2) is 13.9. The Bertz CT molecular complexity index is 2140. The van der Waals surface area contributed by atoms with Crippen molar-refractivity contribution in [3.8, 4) is 17.3 Å². The Morgan fingerprint density at radius 1 is 0.857 bits per heavy atom. The van der Waals surface area contributed by atoms with Crippen LogP contribution < -0.4 is 20.7 Å². The van der Waals surface area contributed by atoms with Gasteiger partial charge in [-0.05, 0) is 48.9 Å². The van der Waals surface area contributed by atoms with Crippen molar-refractivity contribution in [2.24, 2.45) is 0 Å². The number of urea groups is 1. The summed E-state index contributed by atoms with van der Waals surface area (Å²) in [6, 6.07) is 29.5.